The van der Waals surface area contributed by atoms with Gasteiger partial charge in [-0.2, -0.15) is 0 Å². The van der Waals surface area contributed by atoms with Crippen molar-refractivity contribution in [2.75, 3.05) is 0 Å². The van der Waals surface area contributed by atoms with Crippen LogP contribution >= 0.6 is 0 Å². The summed E-state index contributed by atoms with van der Waals surface area (Å²) in [7, 11) is 2.00. The van der Waals surface area contributed by atoms with Crippen molar-refractivity contribution in [1.29, 1.82) is 0 Å². The van der Waals surface area contributed by atoms with Crippen molar-refractivity contribution in [3.05, 3.63) is 60.6 Å². The van der Waals surface area contributed by atoms with Gasteiger partial charge in [0.1, 0.15) is 6.26 Å². The first-order chi connectivity index (χ1) is 11.7. The third-order valence-corrected chi connectivity index (χ3v) is 4.61. The lowest BCUT2D eigenvalue weighted by molar-refractivity contribution is -0.662. The van der Waals surface area contributed by atoms with Gasteiger partial charge >= 0.3 is 5.65 Å². The van der Waals surface area contributed by atoms with Crippen LogP contribution in [0.3, 0.4) is 0 Å². The predicted octanol–water partition coefficient (Wildman–Crippen LogP) is 3.43. The van der Waals surface area contributed by atoms with Crippen LogP contribution in [0.4, 0.5) is 0 Å². The molecule has 0 atom stereocenters. The van der Waals surface area contributed by atoms with Crippen molar-refractivity contribution < 1.29 is 9.09 Å². The molecule has 3 aromatic heterocycles. The summed E-state index contributed by atoms with van der Waals surface area (Å²) in [6.45, 7) is 2.16. The Bertz CT molecular complexity index is 1230. The number of hydrogen-bond donors (Lipinski definition) is 0. The minimum absolute atomic E-state index is 0.732. The quantitative estimate of drug-likeness (QED) is 0.445. The fraction of sp³-hybridized carbons (Fsp3) is 0.105. The van der Waals surface area contributed by atoms with Gasteiger partial charge in [0.15, 0.2) is 16.9 Å². The summed E-state index contributed by atoms with van der Waals surface area (Å²) in [6.07, 6.45) is 3.43. The van der Waals surface area contributed by atoms with E-state index in [1.54, 1.807) is 10.8 Å². The van der Waals surface area contributed by atoms with E-state index in [0.29, 0.717) is 0 Å². The molecule has 0 aliphatic carbocycles. The van der Waals surface area contributed by atoms with Gasteiger partial charge in [-0.1, -0.05) is 30.3 Å². The number of aryl methyl sites for hydroxylation is 2. The predicted molar refractivity (Wildman–Crippen MR) is 91.6 cm³/mol. The van der Waals surface area contributed by atoms with Gasteiger partial charge in [0.2, 0.25) is 0 Å². The molecule has 116 valence electrons. The van der Waals surface area contributed by atoms with E-state index in [9.17, 15) is 0 Å². The van der Waals surface area contributed by atoms with E-state index < -0.39 is 0 Å². The Kier molecular flexibility index (Phi) is 2.56. The first kappa shape index (κ1) is 13.2. The molecule has 0 aliphatic heterocycles. The second-order valence-corrected chi connectivity index (χ2v) is 6.01. The van der Waals surface area contributed by atoms with Gasteiger partial charge in [-0.25, -0.2) is 9.55 Å². The highest BCUT2D eigenvalue weighted by Gasteiger charge is 2.23. The molecule has 5 aromatic rings. The molecule has 5 nitrogen and oxygen atoms in total. The Morgan fingerprint density at radius 3 is 2.88 bits per heavy atom. The maximum absolute atomic E-state index is 5.48. The summed E-state index contributed by atoms with van der Waals surface area (Å²) in [5.41, 5.74) is 5.78. The topological polar surface area (TPSA) is 47.2 Å². The maximum Gasteiger partial charge on any atom is 0.312 e. The highest BCUT2D eigenvalue weighted by atomic mass is 16.5. The number of benzene rings is 2. The van der Waals surface area contributed by atoms with Crippen LogP contribution in [0.1, 0.15) is 5.56 Å². The van der Waals surface area contributed by atoms with Crippen LogP contribution in [-0.4, -0.2) is 14.5 Å². The summed E-state index contributed by atoms with van der Waals surface area (Å²) >= 11 is 0. The molecule has 0 saturated carbocycles. The average Bonchev–Trinajstić information content (AvgIpc) is 3.17. The summed E-state index contributed by atoms with van der Waals surface area (Å²) in [5.74, 6) is 0. The van der Waals surface area contributed by atoms with E-state index in [1.807, 2.05) is 24.0 Å². The summed E-state index contributed by atoms with van der Waals surface area (Å²) < 4.78 is 9.17. The monoisotopic (exact) mass is 315 g/mol. The van der Waals surface area contributed by atoms with Gasteiger partial charge in [-0.15, -0.1) is 4.57 Å². The van der Waals surface area contributed by atoms with Crippen molar-refractivity contribution in [3.8, 4) is 11.3 Å². The molecule has 2 aromatic carbocycles. The van der Waals surface area contributed by atoms with Crippen molar-refractivity contribution >= 4 is 27.6 Å². The molecule has 0 spiro atoms. The smallest absolute Gasteiger partial charge is 0.312 e. The zero-order chi connectivity index (χ0) is 16.3. The summed E-state index contributed by atoms with van der Waals surface area (Å²) in [5, 5.41) is 2.49. The highest BCUT2D eigenvalue weighted by Crippen LogP contribution is 2.31. The molecule has 0 N–H and O–H groups in total. The van der Waals surface area contributed by atoms with Gasteiger partial charge in [-0.05, 0) is 34.3 Å². The third kappa shape index (κ3) is 1.66. The summed E-state index contributed by atoms with van der Waals surface area (Å²) in [6, 6.07) is 14.6. The minimum atomic E-state index is 0.732. The van der Waals surface area contributed by atoms with E-state index in [4.69, 9.17) is 9.51 Å². The maximum atomic E-state index is 5.48. The Balaban J connectivity index is 1.92. The molecule has 0 bridgehead atoms. The van der Waals surface area contributed by atoms with Gasteiger partial charge in [-0.3, -0.25) is 0 Å². The average molecular weight is 315 g/mol. The van der Waals surface area contributed by atoms with Crippen LogP contribution in [0.2, 0.25) is 0 Å². The largest absolute Gasteiger partial charge is 0.377 e. The number of nitrogens with zero attached hydrogens (tertiary/aromatic N) is 4. The zero-order valence-electron chi connectivity index (χ0n) is 13.4. The number of imidazole rings is 1. The van der Waals surface area contributed by atoms with E-state index >= 15 is 0 Å². The molecular formula is C19H15N4O+. The lowest BCUT2D eigenvalue weighted by Gasteiger charge is -2.09. The number of hydrogen-bond acceptors (Lipinski definition) is 3. The molecule has 0 saturated heterocycles. The molecule has 3 heterocycles. The molecular weight excluding hydrogens is 300 g/mol. The van der Waals surface area contributed by atoms with Crippen molar-refractivity contribution in [3.63, 3.8) is 0 Å². The molecule has 0 aliphatic rings. The third-order valence-electron chi connectivity index (χ3n) is 4.61. The van der Waals surface area contributed by atoms with Crippen LogP contribution in [0.25, 0.3) is 38.8 Å². The second kappa shape index (κ2) is 4.64. The Labute approximate surface area is 137 Å². The number of rotatable bonds is 1. The van der Waals surface area contributed by atoms with E-state index in [1.165, 1.54) is 16.3 Å². The van der Waals surface area contributed by atoms with Crippen LogP contribution in [0, 0.1) is 6.92 Å². The van der Waals surface area contributed by atoms with Crippen LogP contribution < -0.4 is 4.57 Å². The molecule has 0 radical (unpaired) electrons. The molecule has 0 unspecified atom stereocenters. The molecule has 0 fully saturated rings. The van der Waals surface area contributed by atoms with Crippen LogP contribution in [0.15, 0.2) is 59.6 Å². The Morgan fingerprint density at radius 2 is 1.96 bits per heavy atom. The lowest BCUT2D eigenvalue weighted by Crippen LogP contribution is -2.32. The molecule has 24 heavy (non-hydrogen) atoms. The standard InChI is InChI=1S/C19H15N4O/c1-12-14-6-4-3-5-13(14)7-8-15(12)18-17-19(20-11-22(18)2)23-16(21-17)9-10-24-23/h3-11H,1-2H3/q+1. The Hall–Kier alpha value is -3.21. The SMILES string of the molecule is Cc1c(-c2c3nc4ccon4c3nc[n+]2C)ccc2ccccc12. The fourth-order valence-corrected chi connectivity index (χ4v) is 3.42. The first-order valence-corrected chi connectivity index (χ1v) is 7.83. The highest BCUT2D eigenvalue weighted by molar-refractivity contribution is 5.95. The van der Waals surface area contributed by atoms with Gasteiger partial charge in [0.25, 0.3) is 6.33 Å². The molecule has 0 amide bonds. The fourth-order valence-electron chi connectivity index (χ4n) is 3.42. The second-order valence-electron chi connectivity index (χ2n) is 6.01. The first-order valence-electron chi connectivity index (χ1n) is 7.83. The molecule has 5 rings (SSSR count). The van der Waals surface area contributed by atoms with E-state index in [0.717, 1.165) is 28.1 Å². The van der Waals surface area contributed by atoms with Crippen LogP contribution in [0.5, 0.6) is 0 Å². The summed E-state index contributed by atoms with van der Waals surface area (Å²) in [4.78, 5) is 9.21. The number of aromatic nitrogens is 4. The Morgan fingerprint density at radius 1 is 1.08 bits per heavy atom. The van der Waals surface area contributed by atoms with Gasteiger partial charge in [0, 0.05) is 11.6 Å². The van der Waals surface area contributed by atoms with Gasteiger partial charge in [0.05, 0.1) is 7.05 Å². The van der Waals surface area contributed by atoms with E-state index in [-0.39, 0.29) is 0 Å². The number of fused-ring (bicyclic) bond motifs is 4. The normalized spacial score (nSPS) is 11.8. The van der Waals surface area contributed by atoms with Crippen LogP contribution in [-0.2, 0) is 7.05 Å². The van der Waals surface area contributed by atoms with E-state index in [2.05, 4.69) is 48.3 Å². The zero-order valence-corrected chi connectivity index (χ0v) is 13.4. The van der Waals surface area contributed by atoms with Crippen molar-refractivity contribution in [1.82, 2.24) is 14.5 Å². The van der Waals surface area contributed by atoms with Crippen molar-refractivity contribution in [2.24, 2.45) is 7.05 Å². The minimum Gasteiger partial charge on any atom is -0.377 e. The lowest BCUT2D eigenvalue weighted by atomic mass is 9.97. The van der Waals surface area contributed by atoms with Crippen molar-refractivity contribution in [2.45, 2.75) is 6.92 Å². The molecule has 5 heteroatoms. The van der Waals surface area contributed by atoms with Gasteiger partial charge < -0.3 is 4.52 Å².